The number of carbonyl (C=O) groups is 2. The standard InChI is InChI=1S/C26H27N5O3/c1-30(2)12-15(34-3)13-31-14-18(22-19(27)8-6-10-21(22)31)24-23(25(32)29-26(24)33)17-11-28-20-9-5-4-7-16(17)20/h4-11,14-15,28H,12-13,27H2,1-3H3,(H,29,32,33). The quantitative estimate of drug-likeness (QED) is 0.292. The van der Waals surface area contributed by atoms with Crippen molar-refractivity contribution in [2.75, 3.05) is 33.5 Å². The van der Waals surface area contributed by atoms with Crippen molar-refractivity contribution in [3.05, 3.63) is 66.0 Å². The number of aromatic nitrogens is 2. The fourth-order valence-electron chi connectivity index (χ4n) is 4.80. The summed E-state index contributed by atoms with van der Waals surface area (Å²) < 4.78 is 7.75. The fraction of sp³-hybridized carbons (Fsp3) is 0.231. The number of nitrogens with two attached hydrogens (primary N) is 1. The molecule has 174 valence electrons. The summed E-state index contributed by atoms with van der Waals surface area (Å²) in [5.41, 5.74) is 10.7. The van der Waals surface area contributed by atoms with Crippen molar-refractivity contribution in [2.24, 2.45) is 0 Å². The van der Waals surface area contributed by atoms with Gasteiger partial charge in [0.15, 0.2) is 0 Å². The van der Waals surface area contributed by atoms with Crippen molar-refractivity contribution in [1.82, 2.24) is 19.8 Å². The highest BCUT2D eigenvalue weighted by Crippen LogP contribution is 2.40. The van der Waals surface area contributed by atoms with E-state index in [-0.39, 0.29) is 6.10 Å². The Balaban J connectivity index is 1.74. The molecule has 1 aliphatic heterocycles. The largest absolute Gasteiger partial charge is 0.398 e. The zero-order chi connectivity index (χ0) is 24.0. The highest BCUT2D eigenvalue weighted by atomic mass is 16.5. The summed E-state index contributed by atoms with van der Waals surface area (Å²) in [6.45, 7) is 1.30. The number of nitrogens with zero attached hydrogens (tertiary/aromatic N) is 2. The summed E-state index contributed by atoms with van der Waals surface area (Å²) in [6.07, 6.45) is 3.62. The van der Waals surface area contributed by atoms with Crippen molar-refractivity contribution in [1.29, 1.82) is 0 Å². The van der Waals surface area contributed by atoms with E-state index in [4.69, 9.17) is 10.5 Å². The molecule has 4 aromatic rings. The maximum Gasteiger partial charge on any atom is 0.259 e. The molecule has 0 fully saturated rings. The highest BCUT2D eigenvalue weighted by molar-refractivity contribution is 6.51. The lowest BCUT2D eigenvalue weighted by Crippen LogP contribution is -2.31. The molecule has 5 rings (SSSR count). The molecule has 0 saturated carbocycles. The van der Waals surface area contributed by atoms with Gasteiger partial charge in [-0.05, 0) is 32.3 Å². The Labute approximate surface area is 197 Å². The number of amides is 2. The first-order valence-corrected chi connectivity index (χ1v) is 11.1. The molecule has 1 unspecified atom stereocenters. The summed E-state index contributed by atoms with van der Waals surface area (Å²) in [7, 11) is 5.68. The molecule has 8 heteroatoms. The molecule has 3 heterocycles. The maximum absolute atomic E-state index is 13.1. The Kier molecular flexibility index (Phi) is 5.47. The van der Waals surface area contributed by atoms with Crippen LogP contribution in [-0.4, -0.2) is 60.1 Å². The Morgan fingerprint density at radius 1 is 1.03 bits per heavy atom. The first-order chi connectivity index (χ1) is 16.4. The van der Waals surface area contributed by atoms with E-state index in [9.17, 15) is 9.59 Å². The maximum atomic E-state index is 13.1. The van der Waals surface area contributed by atoms with Gasteiger partial charge in [0, 0.05) is 59.2 Å². The second kappa shape index (κ2) is 8.48. The Morgan fingerprint density at radius 3 is 2.50 bits per heavy atom. The first kappa shape index (κ1) is 21.9. The van der Waals surface area contributed by atoms with E-state index in [1.807, 2.05) is 62.8 Å². The van der Waals surface area contributed by atoms with E-state index < -0.39 is 11.8 Å². The Bertz CT molecular complexity index is 1460. The molecule has 0 bridgehead atoms. The van der Waals surface area contributed by atoms with Crippen LogP contribution < -0.4 is 11.1 Å². The minimum Gasteiger partial charge on any atom is -0.398 e. The third-order valence-electron chi connectivity index (χ3n) is 6.30. The molecular formula is C26H27N5O3. The number of rotatable bonds is 7. The average Bonchev–Trinajstić information content (AvgIpc) is 3.46. The van der Waals surface area contributed by atoms with E-state index in [0.29, 0.717) is 34.5 Å². The van der Waals surface area contributed by atoms with Crippen LogP contribution in [0.5, 0.6) is 0 Å². The number of H-pyrrole nitrogens is 1. The number of ether oxygens (including phenoxy) is 1. The van der Waals surface area contributed by atoms with Crippen molar-refractivity contribution >= 4 is 50.5 Å². The van der Waals surface area contributed by atoms with E-state index >= 15 is 0 Å². The minimum absolute atomic E-state index is 0.0685. The predicted molar refractivity (Wildman–Crippen MR) is 134 cm³/mol. The van der Waals surface area contributed by atoms with Crippen LogP contribution in [0.25, 0.3) is 33.0 Å². The van der Waals surface area contributed by atoms with Crippen molar-refractivity contribution in [3.8, 4) is 0 Å². The van der Waals surface area contributed by atoms with E-state index in [0.717, 1.165) is 28.4 Å². The summed E-state index contributed by atoms with van der Waals surface area (Å²) in [6, 6.07) is 13.4. The molecule has 0 aliphatic carbocycles. The van der Waals surface area contributed by atoms with Crippen LogP contribution in [0.15, 0.2) is 54.9 Å². The SMILES string of the molecule is COC(CN(C)C)Cn1cc(C2=C(c3c[nH]c4ccccc34)C(=O)NC2=O)c2c(N)cccc21. The van der Waals surface area contributed by atoms with Crippen LogP contribution >= 0.6 is 0 Å². The molecule has 1 aliphatic rings. The number of nitrogen functional groups attached to an aromatic ring is 1. The zero-order valence-electron chi connectivity index (χ0n) is 19.4. The van der Waals surface area contributed by atoms with Gasteiger partial charge in [0.2, 0.25) is 0 Å². The molecule has 0 radical (unpaired) electrons. The van der Waals surface area contributed by atoms with Gasteiger partial charge in [-0.1, -0.05) is 24.3 Å². The first-order valence-electron chi connectivity index (χ1n) is 11.1. The van der Waals surface area contributed by atoms with Crippen LogP contribution in [0.3, 0.4) is 0 Å². The predicted octanol–water partition coefficient (Wildman–Crippen LogP) is 2.85. The number of anilines is 1. The normalized spacial score (nSPS) is 15.2. The van der Waals surface area contributed by atoms with Gasteiger partial charge < -0.3 is 24.9 Å². The lowest BCUT2D eigenvalue weighted by molar-refractivity contribution is -0.122. The third kappa shape index (κ3) is 3.57. The van der Waals surface area contributed by atoms with Crippen LogP contribution in [0, 0.1) is 0 Å². The van der Waals surface area contributed by atoms with Gasteiger partial charge in [-0.3, -0.25) is 14.9 Å². The summed E-state index contributed by atoms with van der Waals surface area (Å²) >= 11 is 0. The molecule has 1 atom stereocenters. The Hall–Kier alpha value is -3.88. The second-order valence-electron chi connectivity index (χ2n) is 8.84. The number of benzene rings is 2. The summed E-state index contributed by atoms with van der Waals surface area (Å²) in [5.74, 6) is -0.841. The lowest BCUT2D eigenvalue weighted by atomic mass is 9.95. The van der Waals surface area contributed by atoms with Crippen LogP contribution in [-0.2, 0) is 20.9 Å². The lowest BCUT2D eigenvalue weighted by Gasteiger charge is -2.20. The van der Waals surface area contributed by atoms with E-state index in [1.54, 1.807) is 13.3 Å². The van der Waals surface area contributed by atoms with Gasteiger partial charge in [-0.25, -0.2) is 0 Å². The van der Waals surface area contributed by atoms with Gasteiger partial charge >= 0.3 is 0 Å². The number of carbonyl (C=O) groups excluding carboxylic acids is 2. The second-order valence-corrected chi connectivity index (χ2v) is 8.84. The molecule has 2 aromatic carbocycles. The summed E-state index contributed by atoms with van der Waals surface area (Å²) in [4.78, 5) is 31.4. The van der Waals surface area contributed by atoms with Gasteiger partial charge in [0.25, 0.3) is 11.8 Å². The molecule has 2 aromatic heterocycles. The third-order valence-corrected chi connectivity index (χ3v) is 6.30. The topological polar surface area (TPSA) is 105 Å². The fourth-order valence-corrected chi connectivity index (χ4v) is 4.80. The number of hydrogen-bond acceptors (Lipinski definition) is 5. The average molecular weight is 458 g/mol. The smallest absolute Gasteiger partial charge is 0.259 e. The number of nitrogens with one attached hydrogen (secondary N) is 2. The van der Waals surface area contributed by atoms with Crippen LogP contribution in [0.2, 0.25) is 0 Å². The molecule has 4 N–H and O–H groups in total. The molecule has 2 amide bonds. The molecule has 0 saturated heterocycles. The minimum atomic E-state index is -0.427. The van der Waals surface area contributed by atoms with Gasteiger partial charge in [0.1, 0.15) is 0 Å². The van der Waals surface area contributed by atoms with Crippen LogP contribution in [0.1, 0.15) is 11.1 Å². The summed E-state index contributed by atoms with van der Waals surface area (Å²) in [5, 5.41) is 4.12. The van der Waals surface area contributed by atoms with Crippen molar-refractivity contribution in [2.45, 2.75) is 12.6 Å². The van der Waals surface area contributed by atoms with E-state index in [1.165, 1.54) is 0 Å². The molecule has 34 heavy (non-hydrogen) atoms. The Morgan fingerprint density at radius 2 is 1.76 bits per heavy atom. The number of para-hydroxylation sites is 1. The van der Waals surface area contributed by atoms with E-state index in [2.05, 4.69) is 19.8 Å². The van der Waals surface area contributed by atoms with Crippen molar-refractivity contribution in [3.63, 3.8) is 0 Å². The van der Waals surface area contributed by atoms with Gasteiger partial charge in [-0.15, -0.1) is 0 Å². The number of methoxy groups -OCH3 is 1. The monoisotopic (exact) mass is 457 g/mol. The van der Waals surface area contributed by atoms with Gasteiger partial charge in [0.05, 0.1) is 29.3 Å². The molecule has 0 spiro atoms. The molecular weight excluding hydrogens is 430 g/mol. The molecule has 8 nitrogen and oxygen atoms in total. The number of likely N-dealkylation sites (N-methyl/N-ethyl adjacent to an activating group) is 1. The number of aromatic amines is 1. The number of fused-ring (bicyclic) bond motifs is 2. The zero-order valence-corrected chi connectivity index (χ0v) is 19.4. The van der Waals surface area contributed by atoms with Crippen molar-refractivity contribution < 1.29 is 14.3 Å². The number of imide groups is 1. The highest BCUT2D eigenvalue weighted by Gasteiger charge is 2.35. The van der Waals surface area contributed by atoms with Crippen LogP contribution in [0.4, 0.5) is 5.69 Å². The van der Waals surface area contributed by atoms with Gasteiger partial charge in [-0.2, -0.15) is 0 Å². The number of hydrogen-bond donors (Lipinski definition) is 3.